The van der Waals surface area contributed by atoms with Gasteiger partial charge in [-0.3, -0.25) is 9.52 Å². The molecule has 0 radical (unpaired) electrons. The van der Waals surface area contributed by atoms with Gasteiger partial charge in [0.05, 0.1) is 16.1 Å². The molecule has 0 aliphatic carbocycles. The third-order valence-corrected chi connectivity index (χ3v) is 6.89. The quantitative estimate of drug-likeness (QED) is 0.478. The molecule has 0 saturated carbocycles. The lowest BCUT2D eigenvalue weighted by molar-refractivity contribution is 0.102. The van der Waals surface area contributed by atoms with Gasteiger partial charge in [-0.1, -0.05) is 37.3 Å². The van der Waals surface area contributed by atoms with Crippen LogP contribution in [0.25, 0.3) is 0 Å². The Bertz CT molecular complexity index is 1140. The highest BCUT2D eigenvalue weighted by Gasteiger charge is 2.17. The van der Waals surface area contributed by atoms with Crippen molar-refractivity contribution in [3.05, 3.63) is 83.4 Å². The van der Waals surface area contributed by atoms with E-state index in [1.807, 2.05) is 57.2 Å². The maximum atomic E-state index is 12.8. The van der Waals surface area contributed by atoms with E-state index in [0.717, 1.165) is 21.8 Å². The first-order valence-electron chi connectivity index (χ1n) is 9.54. The van der Waals surface area contributed by atoms with Crippen molar-refractivity contribution >= 4 is 39.1 Å². The second-order valence-corrected chi connectivity index (χ2v) is 9.77. The van der Waals surface area contributed by atoms with Crippen LogP contribution in [0.5, 0.6) is 0 Å². The van der Waals surface area contributed by atoms with Gasteiger partial charge >= 0.3 is 0 Å². The third-order valence-electron chi connectivity index (χ3n) is 4.57. The largest absolute Gasteiger partial charge is 0.322 e. The number of hydrogen-bond donors (Lipinski definition) is 2. The molecule has 0 atom stereocenters. The SMILES string of the molecule is CCSc1ccccc1C(=O)Nc1ccc(S(=O)(=O)Nc2c(C)cccc2C)cc1. The standard InChI is InChI=1S/C23H24N2O3S2/c1-4-29-21-11-6-5-10-20(21)23(26)24-18-12-14-19(15-13-18)30(27,28)25-22-16(2)8-7-9-17(22)3/h5-15,25H,4H2,1-3H3,(H,24,26). The van der Waals surface area contributed by atoms with Gasteiger partial charge in [0.2, 0.25) is 0 Å². The molecule has 3 rings (SSSR count). The highest BCUT2D eigenvalue weighted by Crippen LogP contribution is 2.25. The van der Waals surface area contributed by atoms with Gasteiger partial charge in [-0.25, -0.2) is 8.42 Å². The molecule has 156 valence electrons. The Kier molecular flexibility index (Phi) is 6.84. The van der Waals surface area contributed by atoms with Gasteiger partial charge < -0.3 is 5.32 Å². The van der Waals surface area contributed by atoms with Gasteiger partial charge in [0.1, 0.15) is 0 Å². The smallest absolute Gasteiger partial charge is 0.261 e. The van der Waals surface area contributed by atoms with E-state index in [0.29, 0.717) is 16.9 Å². The first-order chi connectivity index (χ1) is 14.3. The fourth-order valence-corrected chi connectivity index (χ4v) is 5.03. The van der Waals surface area contributed by atoms with Crippen LogP contribution in [0.15, 0.2) is 76.5 Å². The molecule has 0 fully saturated rings. The molecule has 0 unspecified atom stereocenters. The van der Waals surface area contributed by atoms with E-state index in [1.165, 1.54) is 12.1 Å². The lowest BCUT2D eigenvalue weighted by Gasteiger charge is -2.14. The van der Waals surface area contributed by atoms with Crippen molar-refractivity contribution in [1.82, 2.24) is 0 Å². The van der Waals surface area contributed by atoms with Crippen LogP contribution in [-0.4, -0.2) is 20.1 Å². The van der Waals surface area contributed by atoms with Crippen LogP contribution in [0.2, 0.25) is 0 Å². The van der Waals surface area contributed by atoms with Crippen LogP contribution in [0.1, 0.15) is 28.4 Å². The fraction of sp³-hybridized carbons (Fsp3) is 0.174. The van der Waals surface area contributed by atoms with E-state index in [-0.39, 0.29) is 10.8 Å². The molecule has 0 aromatic heterocycles. The van der Waals surface area contributed by atoms with E-state index >= 15 is 0 Å². The number of hydrogen-bond acceptors (Lipinski definition) is 4. The van der Waals surface area contributed by atoms with Crippen molar-refractivity contribution in [3.8, 4) is 0 Å². The minimum atomic E-state index is -3.74. The summed E-state index contributed by atoms with van der Waals surface area (Å²) in [6, 6.07) is 19.2. The molecule has 0 bridgehead atoms. The Labute approximate surface area is 182 Å². The molecule has 2 N–H and O–H groups in total. The van der Waals surface area contributed by atoms with Crippen LogP contribution in [0, 0.1) is 13.8 Å². The monoisotopic (exact) mass is 440 g/mol. The van der Waals surface area contributed by atoms with E-state index in [2.05, 4.69) is 10.0 Å². The second-order valence-electron chi connectivity index (χ2n) is 6.78. The van der Waals surface area contributed by atoms with Gasteiger partial charge in [-0.2, -0.15) is 0 Å². The van der Waals surface area contributed by atoms with Crippen molar-refractivity contribution in [2.45, 2.75) is 30.6 Å². The molecule has 0 saturated heterocycles. The maximum absolute atomic E-state index is 12.8. The number of amides is 1. The summed E-state index contributed by atoms with van der Waals surface area (Å²) < 4.78 is 28.2. The van der Waals surface area contributed by atoms with E-state index in [9.17, 15) is 13.2 Å². The van der Waals surface area contributed by atoms with Crippen molar-refractivity contribution in [3.63, 3.8) is 0 Å². The summed E-state index contributed by atoms with van der Waals surface area (Å²) in [6.45, 7) is 5.75. The zero-order valence-corrected chi connectivity index (χ0v) is 18.7. The molecular formula is C23H24N2O3S2. The Hall–Kier alpha value is -2.77. The van der Waals surface area contributed by atoms with Crippen molar-refractivity contribution in [2.75, 3.05) is 15.8 Å². The van der Waals surface area contributed by atoms with Gasteiger partial charge in [0, 0.05) is 10.6 Å². The summed E-state index contributed by atoms with van der Waals surface area (Å²) in [7, 11) is -3.74. The maximum Gasteiger partial charge on any atom is 0.261 e. The van der Waals surface area contributed by atoms with Crippen LogP contribution < -0.4 is 10.0 Å². The lowest BCUT2D eigenvalue weighted by atomic mass is 10.1. The topological polar surface area (TPSA) is 75.3 Å². The first-order valence-corrected chi connectivity index (χ1v) is 12.0. The third kappa shape index (κ3) is 5.04. The number of benzene rings is 3. The highest BCUT2D eigenvalue weighted by atomic mass is 32.2. The molecule has 0 aliphatic rings. The molecule has 0 spiro atoms. The fourth-order valence-electron chi connectivity index (χ4n) is 3.02. The summed E-state index contributed by atoms with van der Waals surface area (Å²) in [6.07, 6.45) is 0. The van der Waals surface area contributed by atoms with E-state index in [1.54, 1.807) is 30.0 Å². The van der Waals surface area contributed by atoms with Crippen molar-refractivity contribution in [2.24, 2.45) is 0 Å². The number of carbonyl (C=O) groups excluding carboxylic acids is 1. The average Bonchev–Trinajstić information content (AvgIpc) is 2.72. The Morgan fingerprint density at radius 1 is 0.900 bits per heavy atom. The van der Waals surface area contributed by atoms with Gasteiger partial charge in [0.25, 0.3) is 15.9 Å². The van der Waals surface area contributed by atoms with Crippen LogP contribution in [0.3, 0.4) is 0 Å². The molecular weight excluding hydrogens is 416 g/mol. The predicted molar refractivity (Wildman–Crippen MR) is 124 cm³/mol. The number of rotatable bonds is 7. The summed E-state index contributed by atoms with van der Waals surface area (Å²) in [5.41, 5.74) is 3.41. The zero-order valence-electron chi connectivity index (χ0n) is 17.1. The zero-order chi connectivity index (χ0) is 21.7. The van der Waals surface area contributed by atoms with Crippen LogP contribution >= 0.6 is 11.8 Å². The number of nitrogens with one attached hydrogen (secondary N) is 2. The number of sulfonamides is 1. The predicted octanol–water partition coefficient (Wildman–Crippen LogP) is 5.47. The summed E-state index contributed by atoms with van der Waals surface area (Å²) in [5, 5.41) is 2.84. The highest BCUT2D eigenvalue weighted by molar-refractivity contribution is 7.99. The number of aryl methyl sites for hydroxylation is 2. The Morgan fingerprint density at radius 3 is 2.17 bits per heavy atom. The Balaban J connectivity index is 1.77. The van der Waals surface area contributed by atoms with Gasteiger partial charge in [0.15, 0.2) is 0 Å². The van der Waals surface area contributed by atoms with E-state index < -0.39 is 10.0 Å². The number of anilines is 2. The molecule has 1 amide bonds. The van der Waals surface area contributed by atoms with Crippen molar-refractivity contribution < 1.29 is 13.2 Å². The molecule has 3 aromatic carbocycles. The molecule has 3 aromatic rings. The minimum absolute atomic E-state index is 0.130. The summed E-state index contributed by atoms with van der Waals surface area (Å²) in [5.74, 6) is 0.639. The first kappa shape index (κ1) is 21.9. The molecule has 7 heteroatoms. The Morgan fingerprint density at radius 2 is 1.53 bits per heavy atom. The minimum Gasteiger partial charge on any atom is -0.322 e. The number of para-hydroxylation sites is 1. The lowest BCUT2D eigenvalue weighted by Crippen LogP contribution is -2.15. The van der Waals surface area contributed by atoms with Gasteiger partial charge in [-0.15, -0.1) is 11.8 Å². The summed E-state index contributed by atoms with van der Waals surface area (Å²) in [4.78, 5) is 13.7. The average molecular weight is 441 g/mol. The van der Waals surface area contributed by atoms with Crippen LogP contribution in [0.4, 0.5) is 11.4 Å². The molecule has 0 aliphatic heterocycles. The molecule has 0 heterocycles. The van der Waals surface area contributed by atoms with Gasteiger partial charge in [-0.05, 0) is 67.1 Å². The van der Waals surface area contributed by atoms with Crippen LogP contribution in [-0.2, 0) is 10.0 Å². The second kappa shape index (κ2) is 9.36. The number of carbonyl (C=O) groups is 1. The van der Waals surface area contributed by atoms with Crippen molar-refractivity contribution in [1.29, 1.82) is 0 Å². The molecule has 30 heavy (non-hydrogen) atoms. The molecule has 5 nitrogen and oxygen atoms in total. The summed E-state index contributed by atoms with van der Waals surface area (Å²) >= 11 is 1.60. The number of thioether (sulfide) groups is 1. The van der Waals surface area contributed by atoms with E-state index in [4.69, 9.17) is 0 Å². The normalized spacial score (nSPS) is 11.2.